The third kappa shape index (κ3) is 3.15. The number of nitrogens with zero attached hydrogens (tertiary/aromatic N) is 1. The van der Waals surface area contributed by atoms with Crippen molar-refractivity contribution in [1.82, 2.24) is 4.98 Å². The standard InChI is InChI=1S/C11H7BrF3N3O/c12-5-1-6(13)3-7(2-5)19-11-9(15)4-8(14)10(17-11)18-16/h1-4H,16H2,(H,17,18). The lowest BCUT2D eigenvalue weighted by molar-refractivity contribution is 0.415. The number of nitrogens with two attached hydrogens (primary N) is 1. The maximum atomic E-state index is 13.5. The Morgan fingerprint density at radius 1 is 1.11 bits per heavy atom. The van der Waals surface area contributed by atoms with Crippen molar-refractivity contribution in [3.05, 3.63) is 46.2 Å². The minimum Gasteiger partial charge on any atom is -0.436 e. The van der Waals surface area contributed by atoms with Gasteiger partial charge in [0.2, 0.25) is 0 Å². The summed E-state index contributed by atoms with van der Waals surface area (Å²) in [6.07, 6.45) is 0. The number of hydrogen-bond acceptors (Lipinski definition) is 4. The molecular formula is C11H7BrF3N3O. The number of benzene rings is 1. The Bertz CT molecular complexity index is 604. The molecule has 8 heteroatoms. The van der Waals surface area contributed by atoms with Crippen LogP contribution in [0.3, 0.4) is 0 Å². The van der Waals surface area contributed by atoms with Crippen LogP contribution in [0.2, 0.25) is 0 Å². The number of nitrogens with one attached hydrogen (secondary N) is 1. The third-order valence-electron chi connectivity index (χ3n) is 2.08. The minimum atomic E-state index is -1.03. The molecule has 0 aliphatic carbocycles. The maximum absolute atomic E-state index is 13.5. The Balaban J connectivity index is 2.37. The first kappa shape index (κ1) is 13.6. The molecule has 1 aromatic carbocycles. The van der Waals surface area contributed by atoms with Crippen LogP contribution in [-0.2, 0) is 0 Å². The molecule has 0 atom stereocenters. The summed E-state index contributed by atoms with van der Waals surface area (Å²) in [6, 6.07) is 4.20. The first-order valence-electron chi connectivity index (χ1n) is 4.96. The van der Waals surface area contributed by atoms with Gasteiger partial charge < -0.3 is 10.2 Å². The fourth-order valence-electron chi connectivity index (χ4n) is 1.32. The summed E-state index contributed by atoms with van der Waals surface area (Å²) in [5, 5.41) is 0. The van der Waals surface area contributed by atoms with Gasteiger partial charge in [0, 0.05) is 16.6 Å². The Morgan fingerprint density at radius 2 is 1.84 bits per heavy atom. The Morgan fingerprint density at radius 3 is 2.47 bits per heavy atom. The van der Waals surface area contributed by atoms with Crippen LogP contribution in [0.1, 0.15) is 0 Å². The van der Waals surface area contributed by atoms with E-state index >= 15 is 0 Å². The smallest absolute Gasteiger partial charge is 0.258 e. The molecule has 100 valence electrons. The second-order valence-corrected chi connectivity index (χ2v) is 4.37. The van der Waals surface area contributed by atoms with Gasteiger partial charge >= 0.3 is 0 Å². The van der Waals surface area contributed by atoms with E-state index in [1.807, 2.05) is 5.43 Å². The van der Waals surface area contributed by atoms with Crippen LogP contribution in [0.4, 0.5) is 19.0 Å². The van der Waals surface area contributed by atoms with E-state index in [0.717, 1.165) is 6.07 Å². The van der Waals surface area contributed by atoms with Crippen LogP contribution in [0.5, 0.6) is 11.6 Å². The van der Waals surface area contributed by atoms with Crippen molar-refractivity contribution < 1.29 is 17.9 Å². The van der Waals surface area contributed by atoms with Crippen LogP contribution in [0.15, 0.2) is 28.7 Å². The highest BCUT2D eigenvalue weighted by molar-refractivity contribution is 9.10. The lowest BCUT2D eigenvalue weighted by atomic mass is 10.3. The predicted molar refractivity (Wildman–Crippen MR) is 66.1 cm³/mol. The predicted octanol–water partition coefficient (Wildman–Crippen LogP) is 3.34. The lowest BCUT2D eigenvalue weighted by Crippen LogP contribution is -2.11. The zero-order valence-electron chi connectivity index (χ0n) is 9.25. The molecule has 0 spiro atoms. The van der Waals surface area contributed by atoms with E-state index in [0.29, 0.717) is 10.5 Å². The van der Waals surface area contributed by atoms with Crippen molar-refractivity contribution in [2.45, 2.75) is 0 Å². The lowest BCUT2D eigenvalue weighted by Gasteiger charge is -2.08. The van der Waals surface area contributed by atoms with E-state index in [-0.39, 0.29) is 11.6 Å². The Hall–Kier alpha value is -1.80. The summed E-state index contributed by atoms with van der Waals surface area (Å²) in [5.41, 5.74) is 1.96. The van der Waals surface area contributed by atoms with Gasteiger partial charge in [-0.3, -0.25) is 0 Å². The molecule has 0 radical (unpaired) electrons. The average molecular weight is 334 g/mol. The molecule has 0 aliphatic rings. The minimum absolute atomic E-state index is 0.00727. The summed E-state index contributed by atoms with van der Waals surface area (Å²) in [7, 11) is 0. The normalized spacial score (nSPS) is 10.4. The molecule has 0 bridgehead atoms. The highest BCUT2D eigenvalue weighted by Crippen LogP contribution is 2.28. The van der Waals surface area contributed by atoms with Gasteiger partial charge in [-0.2, -0.15) is 4.98 Å². The molecule has 1 aromatic heterocycles. The molecular weight excluding hydrogens is 327 g/mol. The number of pyridine rings is 1. The second-order valence-electron chi connectivity index (χ2n) is 3.46. The third-order valence-corrected chi connectivity index (χ3v) is 2.54. The van der Waals surface area contributed by atoms with Gasteiger partial charge in [0.05, 0.1) is 0 Å². The quantitative estimate of drug-likeness (QED) is 0.668. The van der Waals surface area contributed by atoms with Gasteiger partial charge in [-0.25, -0.2) is 19.0 Å². The molecule has 1 heterocycles. The van der Waals surface area contributed by atoms with E-state index in [2.05, 4.69) is 20.9 Å². The number of anilines is 1. The molecule has 0 fully saturated rings. The van der Waals surface area contributed by atoms with E-state index in [4.69, 9.17) is 10.6 Å². The zero-order valence-corrected chi connectivity index (χ0v) is 10.8. The number of aromatic nitrogens is 1. The number of ether oxygens (including phenoxy) is 1. The van der Waals surface area contributed by atoms with Crippen LogP contribution in [-0.4, -0.2) is 4.98 Å². The van der Waals surface area contributed by atoms with Gasteiger partial charge in [0.1, 0.15) is 11.6 Å². The Labute approximate surface area is 114 Å². The highest BCUT2D eigenvalue weighted by atomic mass is 79.9. The molecule has 3 N–H and O–H groups in total. The largest absolute Gasteiger partial charge is 0.436 e. The van der Waals surface area contributed by atoms with Crippen molar-refractivity contribution in [3.63, 3.8) is 0 Å². The second kappa shape index (κ2) is 5.45. The van der Waals surface area contributed by atoms with E-state index < -0.39 is 23.3 Å². The molecule has 0 saturated heterocycles. The SMILES string of the molecule is NNc1nc(Oc2cc(F)cc(Br)c2)c(F)cc1F. The number of hydrogen-bond donors (Lipinski definition) is 2. The van der Waals surface area contributed by atoms with Crippen molar-refractivity contribution in [2.24, 2.45) is 5.84 Å². The molecule has 0 aliphatic heterocycles. The molecule has 0 amide bonds. The first-order chi connectivity index (χ1) is 8.99. The number of halogens is 4. The summed E-state index contributed by atoms with van der Waals surface area (Å²) < 4.78 is 45.2. The molecule has 0 unspecified atom stereocenters. The van der Waals surface area contributed by atoms with Crippen molar-refractivity contribution in [1.29, 1.82) is 0 Å². The van der Waals surface area contributed by atoms with Gasteiger partial charge in [0.25, 0.3) is 5.88 Å². The summed E-state index contributed by atoms with van der Waals surface area (Å²) in [5.74, 6) is 1.54. The number of rotatable bonds is 3. The van der Waals surface area contributed by atoms with E-state index in [1.165, 1.54) is 12.1 Å². The first-order valence-corrected chi connectivity index (χ1v) is 5.75. The molecule has 0 saturated carbocycles. The molecule has 2 rings (SSSR count). The molecule has 4 nitrogen and oxygen atoms in total. The summed E-state index contributed by atoms with van der Waals surface area (Å²) in [6.45, 7) is 0. The highest BCUT2D eigenvalue weighted by Gasteiger charge is 2.13. The fraction of sp³-hybridized carbons (Fsp3) is 0. The van der Waals surface area contributed by atoms with Gasteiger partial charge in [-0.15, -0.1) is 0 Å². The Kier molecular flexibility index (Phi) is 3.91. The maximum Gasteiger partial charge on any atom is 0.258 e. The number of hydrazine groups is 1. The van der Waals surface area contributed by atoms with Crippen molar-refractivity contribution in [2.75, 3.05) is 5.43 Å². The number of nitrogen functional groups attached to an aromatic ring is 1. The van der Waals surface area contributed by atoms with Crippen LogP contribution < -0.4 is 16.0 Å². The zero-order chi connectivity index (χ0) is 14.0. The van der Waals surface area contributed by atoms with Crippen molar-refractivity contribution >= 4 is 21.7 Å². The van der Waals surface area contributed by atoms with Crippen LogP contribution in [0.25, 0.3) is 0 Å². The summed E-state index contributed by atoms with van der Waals surface area (Å²) in [4.78, 5) is 3.50. The topological polar surface area (TPSA) is 60.2 Å². The van der Waals surface area contributed by atoms with Crippen LogP contribution >= 0.6 is 15.9 Å². The molecule has 19 heavy (non-hydrogen) atoms. The van der Waals surface area contributed by atoms with E-state index in [9.17, 15) is 13.2 Å². The van der Waals surface area contributed by atoms with Gasteiger partial charge in [-0.1, -0.05) is 15.9 Å². The average Bonchev–Trinajstić information content (AvgIpc) is 2.31. The molecule has 2 aromatic rings. The van der Waals surface area contributed by atoms with Crippen molar-refractivity contribution in [3.8, 4) is 11.6 Å². The fourth-order valence-corrected chi connectivity index (χ4v) is 1.77. The monoisotopic (exact) mass is 333 g/mol. The summed E-state index contributed by atoms with van der Waals surface area (Å²) >= 11 is 3.06. The van der Waals surface area contributed by atoms with E-state index in [1.54, 1.807) is 0 Å². The van der Waals surface area contributed by atoms with Crippen LogP contribution in [0, 0.1) is 17.5 Å². The van der Waals surface area contributed by atoms with Gasteiger partial charge in [0.15, 0.2) is 17.5 Å². The van der Waals surface area contributed by atoms with Gasteiger partial charge in [-0.05, 0) is 12.1 Å².